The molecule has 0 saturated carbocycles. The molecule has 0 bridgehead atoms. The fourth-order valence-electron chi connectivity index (χ4n) is 4.66. The molecule has 0 aliphatic carbocycles. The van der Waals surface area contributed by atoms with Crippen molar-refractivity contribution in [2.45, 2.75) is 25.8 Å². The van der Waals surface area contributed by atoms with E-state index in [9.17, 15) is 37.5 Å². The van der Waals surface area contributed by atoms with Crippen molar-refractivity contribution in [3.63, 3.8) is 0 Å². The van der Waals surface area contributed by atoms with Crippen molar-refractivity contribution >= 4 is 29.6 Å². The van der Waals surface area contributed by atoms with Crippen LogP contribution in [0.3, 0.4) is 0 Å². The number of hydrazine groups is 1. The minimum atomic E-state index is -3.33. The third kappa shape index (κ3) is 5.82. The van der Waals surface area contributed by atoms with Gasteiger partial charge in [0, 0.05) is 48.4 Å². The van der Waals surface area contributed by atoms with Crippen LogP contribution < -0.4 is 20.9 Å². The van der Waals surface area contributed by atoms with Crippen LogP contribution in [0.25, 0.3) is 0 Å². The van der Waals surface area contributed by atoms with Crippen LogP contribution in [0.2, 0.25) is 0 Å². The van der Waals surface area contributed by atoms with Crippen LogP contribution in [-0.4, -0.2) is 66.3 Å². The summed E-state index contributed by atoms with van der Waals surface area (Å²) in [5, 5.41) is 11.1. The first-order valence-corrected chi connectivity index (χ1v) is 11.8. The molecule has 2 fully saturated rings. The van der Waals surface area contributed by atoms with Crippen molar-refractivity contribution in [1.29, 1.82) is 0 Å². The number of rotatable bonds is 5. The van der Waals surface area contributed by atoms with Gasteiger partial charge >= 0.3 is 18.4 Å². The first-order chi connectivity index (χ1) is 18.1. The van der Waals surface area contributed by atoms with E-state index in [2.05, 4.69) is 0 Å². The third-order valence-electron chi connectivity index (χ3n) is 6.85. The predicted octanol–water partition coefficient (Wildman–Crippen LogP) is 1.72. The van der Waals surface area contributed by atoms with Crippen molar-refractivity contribution in [3.05, 3.63) is 65.5 Å². The molecule has 2 aromatic rings. The van der Waals surface area contributed by atoms with Crippen molar-refractivity contribution in [2.24, 2.45) is 5.41 Å². The molecule has 13 heteroatoms. The fraction of sp³-hybridized carbons (Fsp3) is 0.360. The molecule has 4 rings (SSSR count). The first kappa shape index (κ1) is 26.8. The number of anilines is 1. The van der Waals surface area contributed by atoms with Crippen LogP contribution in [0.5, 0.6) is 0 Å². The molecule has 0 aromatic heterocycles. The predicted molar refractivity (Wildman–Crippen MR) is 126 cm³/mol. The number of carbonyl (C=O) groups excluding carboxylic acids is 4. The molecule has 2 aromatic carbocycles. The minimum Gasteiger partial charge on any atom is -0.530 e. The van der Waals surface area contributed by atoms with Crippen LogP contribution in [0.4, 0.5) is 28.4 Å². The highest BCUT2D eigenvalue weighted by Gasteiger charge is 2.47. The molecule has 0 unspecified atom stereocenters. The highest BCUT2D eigenvalue weighted by atomic mass is 19.3. The molecular formula is C25H25F3N5O5-. The van der Waals surface area contributed by atoms with E-state index in [4.69, 9.17) is 0 Å². The zero-order chi connectivity index (χ0) is 27.4. The molecule has 0 radical (unpaired) electrons. The Morgan fingerprint density at radius 1 is 0.974 bits per heavy atom. The summed E-state index contributed by atoms with van der Waals surface area (Å²) >= 11 is 0. The Hall–Kier alpha value is -4.29. The van der Waals surface area contributed by atoms with Crippen LogP contribution in [0.15, 0.2) is 48.5 Å². The van der Waals surface area contributed by atoms with Crippen LogP contribution in [0.1, 0.15) is 28.8 Å². The summed E-state index contributed by atoms with van der Waals surface area (Å²) in [7, 11) is 0. The Labute approximate surface area is 216 Å². The number of hydrogen-bond acceptors (Lipinski definition) is 5. The van der Waals surface area contributed by atoms with Gasteiger partial charge in [0.15, 0.2) is 0 Å². The summed E-state index contributed by atoms with van der Waals surface area (Å²) in [5.41, 5.74) is 3.57. The third-order valence-corrected chi connectivity index (χ3v) is 6.85. The number of benzene rings is 2. The number of alkyl halides is 2. The van der Waals surface area contributed by atoms with Gasteiger partial charge in [-0.25, -0.2) is 9.18 Å². The highest BCUT2D eigenvalue weighted by molar-refractivity contribution is 5.96. The number of hydrogen-bond donors (Lipinski definition) is 2. The molecule has 2 N–H and O–H groups in total. The van der Waals surface area contributed by atoms with Crippen LogP contribution in [-0.2, 0) is 11.3 Å². The van der Waals surface area contributed by atoms with E-state index in [1.54, 1.807) is 40.7 Å². The summed E-state index contributed by atoms with van der Waals surface area (Å²) in [4.78, 5) is 51.8. The van der Waals surface area contributed by atoms with Gasteiger partial charge in [0.25, 0.3) is 5.91 Å². The topological polar surface area (TPSA) is 125 Å². The van der Waals surface area contributed by atoms with Crippen LogP contribution in [0, 0.1) is 11.2 Å². The molecule has 2 saturated heterocycles. The van der Waals surface area contributed by atoms with E-state index in [-0.39, 0.29) is 29.1 Å². The lowest BCUT2D eigenvalue weighted by Crippen LogP contribution is -2.64. The Morgan fingerprint density at radius 3 is 2.21 bits per heavy atom. The second-order valence-corrected chi connectivity index (χ2v) is 9.36. The summed E-state index contributed by atoms with van der Waals surface area (Å²) in [6.07, 6.45) is -3.30. The number of carboxylic acid groups (broad SMARTS) is 1. The Morgan fingerprint density at radius 2 is 1.63 bits per heavy atom. The lowest BCUT2D eigenvalue weighted by atomic mass is 9.72. The number of halogens is 3. The number of carbonyl (C=O) groups is 4. The van der Waals surface area contributed by atoms with Crippen LogP contribution >= 0.6 is 0 Å². The van der Waals surface area contributed by atoms with E-state index in [1.807, 2.05) is 0 Å². The number of urea groups is 1. The Balaban J connectivity index is 1.44. The smallest absolute Gasteiger partial charge is 0.324 e. The van der Waals surface area contributed by atoms with E-state index in [1.165, 1.54) is 27.4 Å². The van der Waals surface area contributed by atoms with Gasteiger partial charge in [0.05, 0.1) is 6.54 Å². The molecule has 38 heavy (non-hydrogen) atoms. The van der Waals surface area contributed by atoms with Crippen molar-refractivity contribution in [3.8, 4) is 0 Å². The SMILES string of the molecule is O=C(NNC(=O)C(F)F)c1ccc(CN(C(=O)N2CC3(CCN(C(=O)[O-])CC3)C2)c2ccccc2)c(F)c1. The molecule has 0 atom stereocenters. The summed E-state index contributed by atoms with van der Waals surface area (Å²) in [6.45, 7) is 1.44. The standard InChI is InChI=1S/C25H26F3N5O5/c26-19-12-16(21(34)29-30-22(35)20(27)28)6-7-17(19)13-33(18-4-2-1-3-5-18)23(36)32-14-25(15-32)8-10-31(11-9-25)24(37)38/h1-7,12,20H,8-11,13-15H2,(H,29,34)(H,30,35)(H,37,38)/p-1. The second-order valence-electron chi connectivity index (χ2n) is 9.36. The maximum Gasteiger partial charge on any atom is 0.324 e. The first-order valence-electron chi connectivity index (χ1n) is 11.8. The van der Waals surface area contributed by atoms with Crippen molar-refractivity contribution in [2.75, 3.05) is 31.1 Å². The van der Waals surface area contributed by atoms with Crippen molar-refractivity contribution in [1.82, 2.24) is 20.7 Å². The molecule has 2 aliphatic heterocycles. The van der Waals surface area contributed by atoms with E-state index >= 15 is 0 Å². The van der Waals surface area contributed by atoms with Gasteiger partial charge < -0.3 is 19.7 Å². The Kier molecular flexibility index (Phi) is 7.74. The van der Waals surface area contributed by atoms with Gasteiger partial charge in [0.1, 0.15) is 11.9 Å². The molecule has 1 spiro atoms. The zero-order valence-corrected chi connectivity index (χ0v) is 20.2. The van der Waals surface area contributed by atoms with Gasteiger partial charge in [-0.05, 0) is 37.1 Å². The summed E-state index contributed by atoms with van der Waals surface area (Å²) < 4.78 is 39.5. The van der Waals surface area contributed by atoms with E-state index in [0.717, 1.165) is 6.07 Å². The van der Waals surface area contributed by atoms with Gasteiger partial charge in [0.2, 0.25) is 0 Å². The van der Waals surface area contributed by atoms with Gasteiger partial charge in [-0.3, -0.25) is 25.3 Å². The number of amides is 5. The molecule has 5 amide bonds. The van der Waals surface area contributed by atoms with Gasteiger partial charge in [-0.2, -0.15) is 8.78 Å². The maximum absolute atomic E-state index is 15.0. The average molecular weight is 532 g/mol. The summed E-state index contributed by atoms with van der Waals surface area (Å²) in [6, 6.07) is 11.7. The molecule has 10 nitrogen and oxygen atoms in total. The van der Waals surface area contributed by atoms with Crippen molar-refractivity contribution < 1.29 is 37.5 Å². The van der Waals surface area contributed by atoms with Gasteiger partial charge in [-0.15, -0.1) is 0 Å². The fourth-order valence-corrected chi connectivity index (χ4v) is 4.66. The second kappa shape index (κ2) is 11.0. The van der Waals surface area contributed by atoms with Gasteiger partial charge in [-0.1, -0.05) is 24.3 Å². The molecular weight excluding hydrogens is 507 g/mol. The largest absolute Gasteiger partial charge is 0.530 e. The average Bonchev–Trinajstić information content (AvgIpc) is 2.89. The molecule has 2 aliphatic rings. The highest BCUT2D eigenvalue weighted by Crippen LogP contribution is 2.41. The minimum absolute atomic E-state index is 0.105. The maximum atomic E-state index is 15.0. The lowest BCUT2D eigenvalue weighted by Gasteiger charge is -2.54. The number of nitrogens with zero attached hydrogens (tertiary/aromatic N) is 3. The Bertz CT molecular complexity index is 1210. The number of piperidine rings is 1. The van der Waals surface area contributed by atoms with E-state index < -0.39 is 30.2 Å². The number of likely N-dealkylation sites (tertiary alicyclic amines) is 2. The molecule has 202 valence electrons. The number of nitrogens with one attached hydrogen (secondary N) is 2. The zero-order valence-electron chi connectivity index (χ0n) is 20.2. The monoisotopic (exact) mass is 532 g/mol. The summed E-state index contributed by atoms with van der Waals surface area (Å²) in [5.74, 6) is -3.50. The van der Waals surface area contributed by atoms with E-state index in [0.29, 0.717) is 44.7 Å². The number of para-hydroxylation sites is 1. The quantitative estimate of drug-likeness (QED) is 0.568. The normalized spacial score (nSPS) is 16.1. The lowest BCUT2D eigenvalue weighted by molar-refractivity contribution is -0.268. The molecule has 2 heterocycles.